The predicted octanol–water partition coefficient (Wildman–Crippen LogP) is 4.61. The second-order valence-electron chi connectivity index (χ2n) is 6.12. The molecule has 0 saturated heterocycles. The van der Waals surface area contributed by atoms with Gasteiger partial charge in [0.05, 0.1) is 0 Å². The van der Waals surface area contributed by atoms with Crippen molar-refractivity contribution in [3.8, 4) is 0 Å². The zero-order valence-electron chi connectivity index (χ0n) is 11.8. The molecule has 0 aliphatic heterocycles. The number of hydrogen-bond acceptors (Lipinski definition) is 1. The Bertz CT molecular complexity index is 376. The quantitative estimate of drug-likeness (QED) is 0.843. The first-order valence-electron chi connectivity index (χ1n) is 6.41. The van der Waals surface area contributed by atoms with Gasteiger partial charge in [-0.2, -0.15) is 0 Å². The van der Waals surface area contributed by atoms with Crippen LogP contribution in [0.5, 0.6) is 0 Å². The Morgan fingerprint density at radius 1 is 1.28 bits per heavy atom. The van der Waals surface area contributed by atoms with Gasteiger partial charge in [-0.3, -0.25) is 0 Å². The summed E-state index contributed by atoms with van der Waals surface area (Å²) in [6, 6.07) is 4.88. The molecule has 3 heteroatoms. The van der Waals surface area contributed by atoms with Gasteiger partial charge in [-0.05, 0) is 38.8 Å². The molecule has 0 aliphatic rings. The number of hydrogen-bond donors (Lipinski definition) is 1. The molecule has 1 atom stereocenters. The molecule has 0 amide bonds. The second kappa shape index (κ2) is 6.03. The van der Waals surface area contributed by atoms with E-state index in [1.807, 2.05) is 0 Å². The third-order valence-electron chi connectivity index (χ3n) is 3.03. The normalized spacial score (nSPS) is 14.0. The van der Waals surface area contributed by atoms with E-state index < -0.39 is 0 Å². The van der Waals surface area contributed by atoms with Crippen LogP contribution in [0.3, 0.4) is 0 Å². The van der Waals surface area contributed by atoms with Gasteiger partial charge < -0.3 is 5.32 Å². The van der Waals surface area contributed by atoms with Crippen LogP contribution in [-0.2, 0) is 0 Å². The fourth-order valence-electron chi connectivity index (χ4n) is 1.95. The Labute approximate surface area is 115 Å². The molecule has 0 aliphatic carbocycles. The van der Waals surface area contributed by atoms with Crippen molar-refractivity contribution in [1.29, 1.82) is 0 Å². The summed E-state index contributed by atoms with van der Waals surface area (Å²) in [4.78, 5) is 0. The summed E-state index contributed by atoms with van der Waals surface area (Å²) in [5.41, 5.74) is 0.649. The van der Waals surface area contributed by atoms with Crippen LogP contribution in [0.15, 0.2) is 18.2 Å². The highest BCUT2D eigenvalue weighted by Gasteiger charge is 2.23. The average molecular weight is 272 g/mol. The number of rotatable bonds is 4. The summed E-state index contributed by atoms with van der Waals surface area (Å²) < 4.78 is 14.0. The molecule has 0 heterocycles. The van der Waals surface area contributed by atoms with Crippen molar-refractivity contribution in [2.24, 2.45) is 5.92 Å². The molecule has 1 aromatic carbocycles. The summed E-state index contributed by atoms with van der Waals surface area (Å²) in [7, 11) is 0. The largest absolute Gasteiger partial charge is 0.311 e. The molecule has 1 unspecified atom stereocenters. The first-order valence-corrected chi connectivity index (χ1v) is 6.79. The van der Waals surface area contributed by atoms with Gasteiger partial charge >= 0.3 is 0 Å². The van der Waals surface area contributed by atoms with E-state index in [-0.39, 0.29) is 17.3 Å². The van der Waals surface area contributed by atoms with Crippen LogP contribution in [0, 0.1) is 11.7 Å². The molecule has 102 valence electrons. The Morgan fingerprint density at radius 2 is 1.89 bits per heavy atom. The van der Waals surface area contributed by atoms with Gasteiger partial charge in [0.2, 0.25) is 0 Å². The van der Waals surface area contributed by atoms with Crippen molar-refractivity contribution in [1.82, 2.24) is 5.32 Å². The SMILES string of the molecule is CC(C)C(CNC(C)(C)C)c1c(F)cccc1Cl. The third kappa shape index (κ3) is 4.25. The van der Waals surface area contributed by atoms with Crippen LogP contribution < -0.4 is 5.32 Å². The summed E-state index contributed by atoms with van der Waals surface area (Å²) in [5.74, 6) is 0.198. The molecule has 18 heavy (non-hydrogen) atoms. The van der Waals surface area contributed by atoms with E-state index in [4.69, 9.17) is 11.6 Å². The Hall–Kier alpha value is -0.600. The maximum Gasteiger partial charge on any atom is 0.128 e. The molecule has 0 radical (unpaired) electrons. The van der Waals surface area contributed by atoms with Crippen molar-refractivity contribution in [3.63, 3.8) is 0 Å². The van der Waals surface area contributed by atoms with Gasteiger partial charge in [-0.15, -0.1) is 0 Å². The van der Waals surface area contributed by atoms with Gasteiger partial charge in [-0.1, -0.05) is 31.5 Å². The zero-order chi connectivity index (χ0) is 13.9. The minimum Gasteiger partial charge on any atom is -0.311 e. The van der Waals surface area contributed by atoms with E-state index in [0.29, 0.717) is 16.5 Å². The topological polar surface area (TPSA) is 12.0 Å². The molecule has 1 rings (SSSR count). The van der Waals surface area contributed by atoms with Gasteiger partial charge in [-0.25, -0.2) is 4.39 Å². The van der Waals surface area contributed by atoms with E-state index in [2.05, 4.69) is 39.9 Å². The highest BCUT2D eigenvalue weighted by Crippen LogP contribution is 2.32. The fraction of sp³-hybridized carbons (Fsp3) is 0.600. The highest BCUT2D eigenvalue weighted by molar-refractivity contribution is 6.31. The van der Waals surface area contributed by atoms with E-state index in [1.165, 1.54) is 6.07 Å². The van der Waals surface area contributed by atoms with Crippen molar-refractivity contribution < 1.29 is 4.39 Å². The lowest BCUT2D eigenvalue weighted by molar-refractivity contribution is 0.366. The Kier molecular flexibility index (Phi) is 5.18. The first kappa shape index (κ1) is 15.5. The lowest BCUT2D eigenvalue weighted by Crippen LogP contribution is -2.39. The van der Waals surface area contributed by atoms with Crippen LogP contribution >= 0.6 is 11.6 Å². The number of benzene rings is 1. The predicted molar refractivity (Wildman–Crippen MR) is 76.7 cm³/mol. The van der Waals surface area contributed by atoms with Crippen LogP contribution in [0.2, 0.25) is 5.02 Å². The van der Waals surface area contributed by atoms with Crippen LogP contribution in [0.1, 0.15) is 46.1 Å². The molecule has 0 bridgehead atoms. The summed E-state index contributed by atoms with van der Waals surface area (Å²) >= 11 is 6.15. The van der Waals surface area contributed by atoms with Crippen molar-refractivity contribution in [2.75, 3.05) is 6.54 Å². The van der Waals surface area contributed by atoms with Gasteiger partial charge in [0.1, 0.15) is 5.82 Å². The molecular formula is C15H23ClFN. The number of halogens is 2. The monoisotopic (exact) mass is 271 g/mol. The van der Waals surface area contributed by atoms with E-state index in [1.54, 1.807) is 12.1 Å². The van der Waals surface area contributed by atoms with Gasteiger partial charge in [0.25, 0.3) is 0 Å². The molecule has 0 aromatic heterocycles. The standard InChI is InChI=1S/C15H23ClFN/c1-10(2)11(9-18-15(3,4)5)14-12(16)7-6-8-13(14)17/h6-8,10-11,18H,9H2,1-5H3. The Balaban J connectivity index is 2.98. The minimum absolute atomic E-state index is 0.0187. The second-order valence-corrected chi connectivity index (χ2v) is 6.52. The van der Waals surface area contributed by atoms with E-state index >= 15 is 0 Å². The molecule has 0 saturated carbocycles. The van der Waals surface area contributed by atoms with Crippen LogP contribution in [0.4, 0.5) is 4.39 Å². The van der Waals surface area contributed by atoms with Crippen LogP contribution in [-0.4, -0.2) is 12.1 Å². The maximum absolute atomic E-state index is 14.0. The molecular weight excluding hydrogens is 249 g/mol. The fourth-order valence-corrected chi connectivity index (χ4v) is 2.26. The van der Waals surface area contributed by atoms with Gasteiger partial charge in [0, 0.05) is 28.6 Å². The summed E-state index contributed by atoms with van der Waals surface area (Å²) in [5, 5.41) is 3.95. The van der Waals surface area contributed by atoms with Crippen molar-refractivity contribution >= 4 is 11.6 Å². The van der Waals surface area contributed by atoms with E-state index in [0.717, 1.165) is 6.54 Å². The minimum atomic E-state index is -0.211. The van der Waals surface area contributed by atoms with Crippen molar-refractivity contribution in [3.05, 3.63) is 34.6 Å². The molecule has 0 fully saturated rings. The first-order chi connectivity index (χ1) is 8.22. The van der Waals surface area contributed by atoms with Gasteiger partial charge in [0.15, 0.2) is 0 Å². The third-order valence-corrected chi connectivity index (χ3v) is 3.36. The molecule has 1 nitrogen and oxygen atoms in total. The molecule has 0 spiro atoms. The Morgan fingerprint density at radius 3 is 2.33 bits per heavy atom. The smallest absolute Gasteiger partial charge is 0.128 e. The van der Waals surface area contributed by atoms with Crippen LogP contribution in [0.25, 0.3) is 0 Å². The zero-order valence-corrected chi connectivity index (χ0v) is 12.6. The lowest BCUT2D eigenvalue weighted by atomic mass is 9.87. The van der Waals surface area contributed by atoms with E-state index in [9.17, 15) is 4.39 Å². The summed E-state index contributed by atoms with van der Waals surface area (Å²) in [6.45, 7) is 11.2. The molecule has 1 aromatic rings. The lowest BCUT2D eigenvalue weighted by Gasteiger charge is -2.28. The number of nitrogens with one attached hydrogen (secondary N) is 1. The highest BCUT2D eigenvalue weighted by atomic mass is 35.5. The average Bonchev–Trinajstić information content (AvgIpc) is 2.20. The molecule has 1 N–H and O–H groups in total. The van der Waals surface area contributed by atoms with Crippen molar-refractivity contribution in [2.45, 2.75) is 46.1 Å². The maximum atomic E-state index is 14.0. The summed E-state index contributed by atoms with van der Waals surface area (Å²) in [6.07, 6.45) is 0.